The van der Waals surface area contributed by atoms with Gasteiger partial charge in [0.2, 0.25) is 5.88 Å². The fourth-order valence-electron chi connectivity index (χ4n) is 0.972. The number of aromatic nitrogens is 3. The highest BCUT2D eigenvalue weighted by Gasteiger charge is 2.08. The van der Waals surface area contributed by atoms with Gasteiger partial charge >= 0.3 is 0 Å². The zero-order valence-corrected chi connectivity index (χ0v) is 9.00. The van der Waals surface area contributed by atoms with Gasteiger partial charge in [-0.25, -0.2) is 4.98 Å². The fraction of sp³-hybridized carbons (Fsp3) is 0.143. The van der Waals surface area contributed by atoms with Crippen LogP contribution >= 0.6 is 27.5 Å². The monoisotopic (exact) mass is 261 g/mol. The molecule has 0 fully saturated rings. The standard InChI is InChI=1S/C7H5BrClN3O/c1-13-5-3-2-4-10-6(8)7(9)12(4)11-5/h2-3H,1H3. The maximum Gasteiger partial charge on any atom is 0.231 e. The molecule has 0 amide bonds. The van der Waals surface area contributed by atoms with Gasteiger partial charge in [0.05, 0.1) is 7.11 Å². The van der Waals surface area contributed by atoms with Crippen molar-refractivity contribution in [2.24, 2.45) is 0 Å². The molecule has 0 aromatic carbocycles. The SMILES string of the molecule is COc1ccc2nc(Br)c(Cl)n2n1. The Kier molecular flexibility index (Phi) is 2.13. The van der Waals surface area contributed by atoms with Crippen LogP contribution in [-0.4, -0.2) is 21.7 Å². The molecule has 0 spiro atoms. The number of fused-ring (bicyclic) bond motifs is 1. The lowest BCUT2D eigenvalue weighted by Crippen LogP contribution is -1.95. The first-order valence-electron chi connectivity index (χ1n) is 3.47. The van der Waals surface area contributed by atoms with Crippen LogP contribution in [0.1, 0.15) is 0 Å². The van der Waals surface area contributed by atoms with Crippen LogP contribution < -0.4 is 4.74 Å². The van der Waals surface area contributed by atoms with Crippen molar-refractivity contribution in [2.45, 2.75) is 0 Å². The van der Waals surface area contributed by atoms with Crippen molar-refractivity contribution in [3.8, 4) is 5.88 Å². The largest absolute Gasteiger partial charge is 0.480 e. The summed E-state index contributed by atoms with van der Waals surface area (Å²) in [6.45, 7) is 0. The Bertz CT molecular complexity index is 456. The van der Waals surface area contributed by atoms with Crippen LogP contribution in [-0.2, 0) is 0 Å². The van der Waals surface area contributed by atoms with Gasteiger partial charge in [-0.1, -0.05) is 11.6 Å². The predicted molar refractivity (Wildman–Crippen MR) is 52.2 cm³/mol. The zero-order valence-electron chi connectivity index (χ0n) is 6.66. The van der Waals surface area contributed by atoms with Crippen LogP contribution in [0, 0.1) is 0 Å². The van der Waals surface area contributed by atoms with E-state index in [0.29, 0.717) is 21.3 Å². The third kappa shape index (κ3) is 1.38. The number of nitrogens with zero attached hydrogens (tertiary/aromatic N) is 3. The fourth-order valence-corrected chi connectivity index (χ4v) is 1.49. The summed E-state index contributed by atoms with van der Waals surface area (Å²) < 4.78 is 7.04. The van der Waals surface area contributed by atoms with Gasteiger partial charge in [0.1, 0.15) is 4.60 Å². The first kappa shape index (κ1) is 8.77. The Balaban J connectivity index is 2.75. The molecule has 2 aromatic heterocycles. The van der Waals surface area contributed by atoms with Crippen molar-refractivity contribution in [2.75, 3.05) is 7.11 Å². The molecule has 0 radical (unpaired) electrons. The number of rotatable bonds is 1. The average Bonchev–Trinajstić information content (AvgIpc) is 2.43. The van der Waals surface area contributed by atoms with Crippen LogP contribution in [0.4, 0.5) is 0 Å². The van der Waals surface area contributed by atoms with Crippen molar-refractivity contribution in [1.29, 1.82) is 0 Å². The Morgan fingerprint density at radius 2 is 2.31 bits per heavy atom. The Labute approximate surface area is 87.6 Å². The van der Waals surface area contributed by atoms with E-state index in [0.717, 1.165) is 0 Å². The first-order chi connectivity index (χ1) is 6.22. The van der Waals surface area contributed by atoms with E-state index in [1.54, 1.807) is 19.2 Å². The van der Waals surface area contributed by atoms with Gasteiger partial charge < -0.3 is 4.74 Å². The van der Waals surface area contributed by atoms with Crippen molar-refractivity contribution in [1.82, 2.24) is 14.6 Å². The van der Waals surface area contributed by atoms with E-state index < -0.39 is 0 Å². The highest BCUT2D eigenvalue weighted by Crippen LogP contribution is 2.23. The van der Waals surface area contributed by atoms with E-state index in [1.807, 2.05) is 0 Å². The van der Waals surface area contributed by atoms with Crippen molar-refractivity contribution in [3.63, 3.8) is 0 Å². The minimum atomic E-state index is 0.439. The second-order valence-corrected chi connectivity index (χ2v) is 3.45. The highest BCUT2D eigenvalue weighted by atomic mass is 79.9. The topological polar surface area (TPSA) is 39.4 Å². The molecule has 2 aromatic rings. The summed E-state index contributed by atoms with van der Waals surface area (Å²) in [4.78, 5) is 4.12. The van der Waals surface area contributed by atoms with Gasteiger partial charge in [-0.15, -0.1) is 5.10 Å². The molecule has 13 heavy (non-hydrogen) atoms. The lowest BCUT2D eigenvalue weighted by Gasteiger charge is -1.98. The van der Waals surface area contributed by atoms with E-state index in [9.17, 15) is 0 Å². The molecular formula is C7H5BrClN3O. The summed E-state index contributed by atoms with van der Waals surface area (Å²) in [5.41, 5.74) is 0.678. The Morgan fingerprint density at radius 3 is 3.00 bits per heavy atom. The van der Waals surface area contributed by atoms with Crippen LogP contribution in [0.2, 0.25) is 5.15 Å². The smallest absolute Gasteiger partial charge is 0.231 e. The Hall–Kier alpha value is -0.810. The van der Waals surface area contributed by atoms with Crippen molar-refractivity contribution in [3.05, 3.63) is 21.9 Å². The molecule has 0 aliphatic rings. The molecule has 68 valence electrons. The van der Waals surface area contributed by atoms with Gasteiger partial charge in [-0.3, -0.25) is 0 Å². The molecule has 0 bridgehead atoms. The number of hydrogen-bond acceptors (Lipinski definition) is 3. The molecular weight excluding hydrogens is 257 g/mol. The second-order valence-electron chi connectivity index (χ2n) is 2.34. The summed E-state index contributed by atoms with van der Waals surface area (Å²) in [7, 11) is 1.55. The van der Waals surface area contributed by atoms with E-state index in [1.165, 1.54) is 4.52 Å². The molecule has 4 nitrogen and oxygen atoms in total. The van der Waals surface area contributed by atoms with Crippen molar-refractivity contribution >= 4 is 33.2 Å². The number of ether oxygens (including phenoxy) is 1. The normalized spacial score (nSPS) is 10.7. The third-order valence-electron chi connectivity index (χ3n) is 1.57. The van der Waals surface area contributed by atoms with Gasteiger partial charge in [-0.05, 0) is 22.0 Å². The van der Waals surface area contributed by atoms with Crippen LogP contribution in [0.5, 0.6) is 5.88 Å². The maximum atomic E-state index is 5.91. The Morgan fingerprint density at radius 1 is 1.54 bits per heavy atom. The van der Waals surface area contributed by atoms with Crippen LogP contribution in [0.3, 0.4) is 0 Å². The van der Waals surface area contributed by atoms with E-state index >= 15 is 0 Å². The van der Waals surface area contributed by atoms with E-state index in [-0.39, 0.29) is 0 Å². The molecule has 2 heterocycles. The first-order valence-corrected chi connectivity index (χ1v) is 4.64. The van der Waals surface area contributed by atoms with Gasteiger partial charge in [0, 0.05) is 6.07 Å². The van der Waals surface area contributed by atoms with Crippen LogP contribution in [0.15, 0.2) is 16.7 Å². The number of imidazole rings is 1. The molecule has 0 atom stereocenters. The summed E-state index contributed by atoms with van der Waals surface area (Å²) in [6, 6.07) is 3.51. The van der Waals surface area contributed by atoms with E-state index in [2.05, 4.69) is 26.0 Å². The van der Waals surface area contributed by atoms with Gasteiger partial charge in [-0.2, -0.15) is 4.52 Å². The highest BCUT2D eigenvalue weighted by molar-refractivity contribution is 9.10. The second kappa shape index (κ2) is 3.16. The predicted octanol–water partition coefficient (Wildman–Crippen LogP) is 2.15. The van der Waals surface area contributed by atoms with Crippen molar-refractivity contribution < 1.29 is 4.74 Å². The molecule has 0 unspecified atom stereocenters. The minimum absolute atomic E-state index is 0.439. The summed E-state index contributed by atoms with van der Waals surface area (Å²) in [6.07, 6.45) is 0. The molecule has 6 heteroatoms. The molecule has 0 aliphatic carbocycles. The molecule has 0 saturated heterocycles. The average molecular weight is 262 g/mol. The quantitative estimate of drug-likeness (QED) is 0.790. The number of halogens is 2. The zero-order chi connectivity index (χ0) is 9.42. The minimum Gasteiger partial charge on any atom is -0.480 e. The number of methoxy groups -OCH3 is 1. The summed E-state index contributed by atoms with van der Waals surface area (Å²) >= 11 is 9.12. The van der Waals surface area contributed by atoms with Gasteiger partial charge in [0.15, 0.2) is 10.8 Å². The lowest BCUT2D eigenvalue weighted by molar-refractivity contribution is 0.390. The lowest BCUT2D eigenvalue weighted by atomic mass is 10.5. The summed E-state index contributed by atoms with van der Waals surface area (Å²) in [5.74, 6) is 0.499. The maximum absolute atomic E-state index is 5.91. The summed E-state index contributed by atoms with van der Waals surface area (Å²) in [5, 5.41) is 4.52. The molecule has 0 aliphatic heterocycles. The van der Waals surface area contributed by atoms with Crippen LogP contribution in [0.25, 0.3) is 5.65 Å². The third-order valence-corrected chi connectivity index (χ3v) is 2.69. The molecule has 0 saturated carbocycles. The molecule has 2 rings (SSSR count). The van der Waals surface area contributed by atoms with Gasteiger partial charge in [0.25, 0.3) is 0 Å². The molecule has 0 N–H and O–H groups in total. The number of hydrogen-bond donors (Lipinski definition) is 0. The van der Waals surface area contributed by atoms with E-state index in [4.69, 9.17) is 16.3 Å².